The number of hydrogen-bond acceptors (Lipinski definition) is 4. The fourth-order valence-corrected chi connectivity index (χ4v) is 3.28. The summed E-state index contributed by atoms with van der Waals surface area (Å²) in [5.74, 6) is -0.0155. The summed E-state index contributed by atoms with van der Waals surface area (Å²) in [5.41, 5.74) is 2.51. The number of alkyl halides is 3. The van der Waals surface area contributed by atoms with Crippen LogP contribution in [0.5, 0.6) is 11.5 Å². The number of aryl methyl sites for hydroxylation is 1. The van der Waals surface area contributed by atoms with E-state index in [1.165, 1.54) is 24.3 Å². The molecule has 0 saturated carbocycles. The lowest BCUT2D eigenvalue weighted by Gasteiger charge is -2.18. The number of ether oxygens (including phenoxy) is 2. The molecule has 0 N–H and O–H groups in total. The first kappa shape index (κ1) is 19.8. The number of nitrogens with zero attached hydrogens (tertiary/aromatic N) is 3. The smallest absolute Gasteiger partial charge is 0.491 e. The van der Waals surface area contributed by atoms with Gasteiger partial charge in [-0.05, 0) is 41.5 Å². The SMILES string of the molecule is Cn1ccc(CN2CCOc3ccc(-c4ccc(OC(F)(F)F)cc4)cc3C2=O)n1. The summed E-state index contributed by atoms with van der Waals surface area (Å²) in [4.78, 5) is 14.8. The Balaban J connectivity index is 1.59. The quantitative estimate of drug-likeness (QED) is 0.644. The van der Waals surface area contributed by atoms with E-state index in [4.69, 9.17) is 4.74 Å². The fourth-order valence-electron chi connectivity index (χ4n) is 3.28. The Hall–Kier alpha value is -3.49. The van der Waals surface area contributed by atoms with Crippen molar-refractivity contribution in [3.63, 3.8) is 0 Å². The maximum Gasteiger partial charge on any atom is 0.573 e. The molecule has 1 amide bonds. The summed E-state index contributed by atoms with van der Waals surface area (Å²) in [6, 6.07) is 12.5. The molecule has 2 heterocycles. The van der Waals surface area contributed by atoms with Gasteiger partial charge in [0.05, 0.1) is 24.3 Å². The van der Waals surface area contributed by atoms with E-state index in [9.17, 15) is 18.0 Å². The Kier molecular flexibility index (Phi) is 5.11. The number of halogens is 3. The minimum absolute atomic E-state index is 0.188. The molecular weight excluding hydrogens is 399 g/mol. The molecule has 156 valence electrons. The maximum atomic E-state index is 13.1. The Labute approximate surface area is 170 Å². The van der Waals surface area contributed by atoms with Gasteiger partial charge in [0.15, 0.2) is 0 Å². The predicted molar refractivity (Wildman–Crippen MR) is 102 cm³/mol. The van der Waals surface area contributed by atoms with Gasteiger partial charge in [-0.3, -0.25) is 9.48 Å². The molecule has 0 saturated heterocycles. The molecule has 1 aliphatic rings. The highest BCUT2D eigenvalue weighted by molar-refractivity contribution is 5.98. The molecule has 1 aliphatic heterocycles. The van der Waals surface area contributed by atoms with Gasteiger partial charge in [-0.2, -0.15) is 5.10 Å². The monoisotopic (exact) mass is 417 g/mol. The Morgan fingerprint density at radius 2 is 1.83 bits per heavy atom. The lowest BCUT2D eigenvalue weighted by molar-refractivity contribution is -0.274. The average Bonchev–Trinajstić information content (AvgIpc) is 3.04. The van der Waals surface area contributed by atoms with Gasteiger partial charge in [0.1, 0.15) is 18.1 Å². The number of benzene rings is 2. The van der Waals surface area contributed by atoms with Crippen LogP contribution in [0.1, 0.15) is 16.1 Å². The summed E-state index contributed by atoms with van der Waals surface area (Å²) >= 11 is 0. The number of carbonyl (C=O) groups excluding carboxylic acids is 1. The first-order valence-corrected chi connectivity index (χ1v) is 9.19. The molecule has 3 aromatic rings. The number of carbonyl (C=O) groups is 1. The van der Waals surface area contributed by atoms with Crippen molar-refractivity contribution >= 4 is 5.91 Å². The van der Waals surface area contributed by atoms with E-state index in [1.54, 1.807) is 27.8 Å². The summed E-state index contributed by atoms with van der Waals surface area (Å²) in [6.07, 6.45) is -2.93. The number of fused-ring (bicyclic) bond motifs is 1. The molecule has 0 atom stereocenters. The third kappa shape index (κ3) is 4.40. The Morgan fingerprint density at radius 3 is 2.50 bits per heavy atom. The minimum atomic E-state index is -4.74. The van der Waals surface area contributed by atoms with Gasteiger partial charge in [0.25, 0.3) is 5.91 Å². The van der Waals surface area contributed by atoms with E-state index >= 15 is 0 Å². The van der Waals surface area contributed by atoms with E-state index in [0.29, 0.717) is 42.1 Å². The second-order valence-corrected chi connectivity index (χ2v) is 6.84. The van der Waals surface area contributed by atoms with Crippen LogP contribution in [-0.4, -0.2) is 40.1 Å². The number of aromatic nitrogens is 2. The third-order valence-electron chi connectivity index (χ3n) is 4.66. The van der Waals surface area contributed by atoms with Crippen molar-refractivity contribution in [1.29, 1.82) is 0 Å². The van der Waals surface area contributed by atoms with Gasteiger partial charge in [-0.1, -0.05) is 18.2 Å². The third-order valence-corrected chi connectivity index (χ3v) is 4.66. The normalized spacial score (nSPS) is 14.1. The van der Waals surface area contributed by atoms with Crippen molar-refractivity contribution in [1.82, 2.24) is 14.7 Å². The van der Waals surface area contributed by atoms with Crippen molar-refractivity contribution in [2.24, 2.45) is 7.05 Å². The molecule has 1 aromatic heterocycles. The van der Waals surface area contributed by atoms with Crippen molar-refractivity contribution in [3.8, 4) is 22.6 Å². The lowest BCUT2D eigenvalue weighted by atomic mass is 10.0. The highest BCUT2D eigenvalue weighted by atomic mass is 19.4. The number of amides is 1. The van der Waals surface area contributed by atoms with Crippen LogP contribution in [0.3, 0.4) is 0 Å². The highest BCUT2D eigenvalue weighted by Crippen LogP contribution is 2.31. The van der Waals surface area contributed by atoms with Crippen molar-refractivity contribution in [2.45, 2.75) is 12.9 Å². The van der Waals surface area contributed by atoms with Crippen molar-refractivity contribution < 1.29 is 27.4 Å². The van der Waals surface area contributed by atoms with Crippen molar-refractivity contribution in [3.05, 3.63) is 66.0 Å². The molecule has 4 rings (SSSR count). The molecular formula is C21H18F3N3O3. The van der Waals surface area contributed by atoms with E-state index in [1.807, 2.05) is 19.3 Å². The largest absolute Gasteiger partial charge is 0.573 e. The molecule has 6 nitrogen and oxygen atoms in total. The first-order valence-electron chi connectivity index (χ1n) is 9.19. The van der Waals surface area contributed by atoms with Gasteiger partial charge >= 0.3 is 6.36 Å². The summed E-state index contributed by atoms with van der Waals surface area (Å²) in [7, 11) is 1.81. The van der Waals surface area contributed by atoms with Gasteiger partial charge in [0.2, 0.25) is 0 Å². The molecule has 0 radical (unpaired) electrons. The Bertz CT molecular complexity index is 1060. The van der Waals surface area contributed by atoms with Crippen LogP contribution in [0.25, 0.3) is 11.1 Å². The first-order chi connectivity index (χ1) is 14.3. The molecule has 0 spiro atoms. The van der Waals surface area contributed by atoms with E-state index in [0.717, 1.165) is 5.69 Å². The molecule has 9 heteroatoms. The van der Waals surface area contributed by atoms with Crippen molar-refractivity contribution in [2.75, 3.05) is 13.2 Å². The topological polar surface area (TPSA) is 56.6 Å². The molecule has 0 aliphatic carbocycles. The Morgan fingerprint density at radius 1 is 1.10 bits per heavy atom. The van der Waals surface area contributed by atoms with Crippen LogP contribution in [0.4, 0.5) is 13.2 Å². The second-order valence-electron chi connectivity index (χ2n) is 6.84. The maximum absolute atomic E-state index is 13.1. The zero-order chi connectivity index (χ0) is 21.3. The van der Waals surface area contributed by atoms with E-state index in [2.05, 4.69) is 9.84 Å². The molecule has 0 bridgehead atoms. The number of hydrogen-bond donors (Lipinski definition) is 0. The standard InChI is InChI=1S/C21H18F3N3O3/c1-26-9-8-16(25-26)13-27-10-11-29-19-7-4-15(12-18(19)20(27)28)14-2-5-17(6-3-14)30-21(22,23)24/h2-9,12H,10-11,13H2,1H3. The van der Waals surface area contributed by atoms with Crippen LogP contribution in [-0.2, 0) is 13.6 Å². The molecule has 30 heavy (non-hydrogen) atoms. The highest BCUT2D eigenvalue weighted by Gasteiger charge is 2.31. The van der Waals surface area contributed by atoms with E-state index in [-0.39, 0.29) is 11.7 Å². The summed E-state index contributed by atoms with van der Waals surface area (Å²) < 4.78 is 48.3. The predicted octanol–water partition coefficient (Wildman–Crippen LogP) is 4.02. The van der Waals surface area contributed by atoms with Gasteiger partial charge in [-0.15, -0.1) is 13.2 Å². The second kappa shape index (κ2) is 7.74. The van der Waals surface area contributed by atoms with Gasteiger partial charge in [0, 0.05) is 13.2 Å². The van der Waals surface area contributed by atoms with Gasteiger partial charge < -0.3 is 14.4 Å². The minimum Gasteiger partial charge on any atom is -0.491 e. The average molecular weight is 417 g/mol. The number of rotatable bonds is 4. The summed E-state index contributed by atoms with van der Waals surface area (Å²) in [5, 5.41) is 4.31. The molecule has 0 fully saturated rings. The van der Waals surface area contributed by atoms with Crippen LogP contribution in [0.2, 0.25) is 0 Å². The van der Waals surface area contributed by atoms with Crippen LogP contribution in [0, 0.1) is 0 Å². The van der Waals surface area contributed by atoms with Crippen LogP contribution >= 0.6 is 0 Å². The van der Waals surface area contributed by atoms with Crippen LogP contribution < -0.4 is 9.47 Å². The molecule has 0 unspecified atom stereocenters. The molecule has 2 aromatic carbocycles. The van der Waals surface area contributed by atoms with Gasteiger partial charge in [-0.25, -0.2) is 0 Å². The lowest BCUT2D eigenvalue weighted by Crippen LogP contribution is -2.32. The summed E-state index contributed by atoms with van der Waals surface area (Å²) in [6.45, 7) is 1.13. The fraction of sp³-hybridized carbons (Fsp3) is 0.238. The zero-order valence-electron chi connectivity index (χ0n) is 16.0. The van der Waals surface area contributed by atoms with E-state index < -0.39 is 6.36 Å². The van der Waals surface area contributed by atoms with Crippen LogP contribution in [0.15, 0.2) is 54.7 Å². The zero-order valence-corrected chi connectivity index (χ0v) is 16.0.